The number of nitrogens with zero attached hydrogens (tertiary/aromatic N) is 2. The molecule has 74 valence electrons. The summed E-state index contributed by atoms with van der Waals surface area (Å²) in [5, 5.41) is 21.6. The van der Waals surface area contributed by atoms with Crippen molar-refractivity contribution in [1.29, 1.82) is 0 Å². The Morgan fingerprint density at radius 3 is 2.71 bits per heavy atom. The third-order valence-corrected chi connectivity index (χ3v) is 2.20. The first-order valence-electron chi connectivity index (χ1n) is 3.48. The molecule has 0 aromatic heterocycles. The standard InChI is InChI=1S/C7H6BrN3O3/c8-6-3-4(11(13)14)1-2-5(6)7(9)10-12/h1-3,12H,(H2,9,10). The van der Waals surface area contributed by atoms with Crippen LogP contribution in [0, 0.1) is 10.1 Å². The van der Waals surface area contributed by atoms with E-state index in [0.29, 0.717) is 10.0 Å². The minimum atomic E-state index is -0.527. The van der Waals surface area contributed by atoms with Crippen molar-refractivity contribution in [3.05, 3.63) is 38.3 Å². The summed E-state index contributed by atoms with van der Waals surface area (Å²) in [6.45, 7) is 0. The van der Waals surface area contributed by atoms with E-state index >= 15 is 0 Å². The predicted molar refractivity (Wildman–Crippen MR) is 53.3 cm³/mol. The van der Waals surface area contributed by atoms with Crippen molar-refractivity contribution >= 4 is 27.5 Å². The molecule has 6 nitrogen and oxygen atoms in total. The minimum absolute atomic E-state index is 0.0636. The number of nitrogens with two attached hydrogens (primary N) is 1. The van der Waals surface area contributed by atoms with Gasteiger partial charge in [0, 0.05) is 22.2 Å². The van der Waals surface area contributed by atoms with Gasteiger partial charge < -0.3 is 10.9 Å². The molecule has 1 rings (SSSR count). The van der Waals surface area contributed by atoms with Crippen LogP contribution >= 0.6 is 15.9 Å². The summed E-state index contributed by atoms with van der Waals surface area (Å²) in [5.74, 6) is -0.105. The van der Waals surface area contributed by atoms with Crippen LogP contribution in [0.2, 0.25) is 0 Å². The number of nitro benzene ring substituents is 1. The van der Waals surface area contributed by atoms with Crippen LogP contribution in [-0.4, -0.2) is 16.0 Å². The Balaban J connectivity index is 3.20. The molecular formula is C7H6BrN3O3. The first-order valence-corrected chi connectivity index (χ1v) is 4.27. The maximum absolute atomic E-state index is 10.4. The van der Waals surface area contributed by atoms with Gasteiger partial charge in [0.1, 0.15) is 0 Å². The molecule has 1 aromatic rings. The topological polar surface area (TPSA) is 102 Å². The van der Waals surface area contributed by atoms with Gasteiger partial charge in [0.2, 0.25) is 0 Å². The van der Waals surface area contributed by atoms with E-state index in [0.717, 1.165) is 0 Å². The van der Waals surface area contributed by atoms with Gasteiger partial charge in [-0.25, -0.2) is 0 Å². The Hall–Kier alpha value is -1.63. The van der Waals surface area contributed by atoms with Gasteiger partial charge in [-0.3, -0.25) is 10.1 Å². The second kappa shape index (κ2) is 4.05. The summed E-state index contributed by atoms with van der Waals surface area (Å²) < 4.78 is 0.405. The van der Waals surface area contributed by atoms with E-state index in [-0.39, 0.29) is 11.5 Å². The van der Waals surface area contributed by atoms with Crippen molar-refractivity contribution in [3.63, 3.8) is 0 Å². The molecule has 0 saturated carbocycles. The van der Waals surface area contributed by atoms with Gasteiger partial charge in [-0.15, -0.1) is 0 Å². The number of hydrogen-bond donors (Lipinski definition) is 2. The fraction of sp³-hybridized carbons (Fsp3) is 0. The quantitative estimate of drug-likeness (QED) is 0.276. The molecule has 0 spiro atoms. The summed E-state index contributed by atoms with van der Waals surface area (Å²) >= 11 is 3.08. The predicted octanol–water partition coefficient (Wildman–Crippen LogP) is 1.45. The minimum Gasteiger partial charge on any atom is -0.409 e. The number of hydrogen-bond acceptors (Lipinski definition) is 4. The van der Waals surface area contributed by atoms with Crippen molar-refractivity contribution < 1.29 is 10.1 Å². The number of rotatable bonds is 2. The van der Waals surface area contributed by atoms with Gasteiger partial charge in [0.25, 0.3) is 5.69 Å². The highest BCUT2D eigenvalue weighted by atomic mass is 79.9. The maximum atomic E-state index is 10.4. The molecule has 3 N–H and O–H groups in total. The molecule has 7 heteroatoms. The summed E-state index contributed by atoms with van der Waals surface area (Å²) in [6, 6.07) is 3.96. The van der Waals surface area contributed by atoms with Gasteiger partial charge in [-0.1, -0.05) is 5.16 Å². The van der Waals surface area contributed by atoms with Crippen LogP contribution in [0.15, 0.2) is 27.8 Å². The monoisotopic (exact) mass is 259 g/mol. The molecule has 0 atom stereocenters. The van der Waals surface area contributed by atoms with Crippen LogP contribution in [0.5, 0.6) is 0 Å². The molecule has 0 fully saturated rings. The van der Waals surface area contributed by atoms with Gasteiger partial charge in [0.05, 0.1) is 4.92 Å². The molecule has 0 saturated heterocycles. The van der Waals surface area contributed by atoms with Gasteiger partial charge in [0.15, 0.2) is 5.84 Å². The van der Waals surface area contributed by atoms with Gasteiger partial charge in [-0.2, -0.15) is 0 Å². The number of benzene rings is 1. The number of amidine groups is 1. The van der Waals surface area contributed by atoms with Gasteiger partial charge in [-0.05, 0) is 22.0 Å². The highest BCUT2D eigenvalue weighted by Crippen LogP contribution is 2.22. The largest absolute Gasteiger partial charge is 0.409 e. The first kappa shape index (κ1) is 10.5. The number of oxime groups is 1. The molecule has 0 unspecified atom stereocenters. The molecule has 0 radical (unpaired) electrons. The van der Waals surface area contributed by atoms with Crippen molar-refractivity contribution in [1.82, 2.24) is 0 Å². The van der Waals surface area contributed by atoms with E-state index in [9.17, 15) is 10.1 Å². The Kier molecular flexibility index (Phi) is 3.03. The third kappa shape index (κ3) is 1.99. The van der Waals surface area contributed by atoms with Crippen LogP contribution in [-0.2, 0) is 0 Å². The van der Waals surface area contributed by atoms with E-state index in [1.165, 1.54) is 18.2 Å². The van der Waals surface area contributed by atoms with Crippen LogP contribution < -0.4 is 5.73 Å². The lowest BCUT2D eigenvalue weighted by molar-refractivity contribution is -0.384. The zero-order valence-corrected chi connectivity index (χ0v) is 8.43. The van der Waals surface area contributed by atoms with E-state index in [1.807, 2.05) is 0 Å². The summed E-state index contributed by atoms with van der Waals surface area (Å²) in [5.41, 5.74) is 5.66. The average Bonchev–Trinajstić information content (AvgIpc) is 2.16. The highest BCUT2D eigenvalue weighted by Gasteiger charge is 2.11. The van der Waals surface area contributed by atoms with E-state index in [2.05, 4.69) is 21.1 Å². The zero-order chi connectivity index (χ0) is 10.7. The second-order valence-corrected chi connectivity index (χ2v) is 3.26. The lowest BCUT2D eigenvalue weighted by Gasteiger charge is -2.01. The third-order valence-electron chi connectivity index (χ3n) is 1.55. The molecule has 14 heavy (non-hydrogen) atoms. The Bertz CT molecular complexity index is 405. The molecule has 0 aliphatic rings. The molecule has 0 aliphatic heterocycles. The highest BCUT2D eigenvalue weighted by molar-refractivity contribution is 9.10. The van der Waals surface area contributed by atoms with Crippen molar-refractivity contribution in [2.75, 3.05) is 0 Å². The number of nitro groups is 1. The molecular weight excluding hydrogens is 254 g/mol. The van der Waals surface area contributed by atoms with Crippen molar-refractivity contribution in [2.24, 2.45) is 10.9 Å². The normalized spacial score (nSPS) is 11.4. The van der Waals surface area contributed by atoms with E-state index in [1.54, 1.807) is 0 Å². The Morgan fingerprint density at radius 2 is 2.29 bits per heavy atom. The van der Waals surface area contributed by atoms with Crippen molar-refractivity contribution in [3.8, 4) is 0 Å². The number of non-ortho nitro benzene ring substituents is 1. The molecule has 0 bridgehead atoms. The summed E-state index contributed by atoms with van der Waals surface area (Å²) in [7, 11) is 0. The molecule has 0 aliphatic carbocycles. The second-order valence-electron chi connectivity index (χ2n) is 2.41. The average molecular weight is 260 g/mol. The Labute approximate surface area is 87.3 Å². The Morgan fingerprint density at radius 1 is 1.64 bits per heavy atom. The SMILES string of the molecule is N/C(=N\O)c1ccc([N+](=O)[O-])cc1Br. The fourth-order valence-corrected chi connectivity index (χ4v) is 1.45. The first-order chi connectivity index (χ1) is 6.56. The summed E-state index contributed by atoms with van der Waals surface area (Å²) in [6.07, 6.45) is 0. The summed E-state index contributed by atoms with van der Waals surface area (Å²) in [4.78, 5) is 9.85. The smallest absolute Gasteiger partial charge is 0.270 e. The zero-order valence-electron chi connectivity index (χ0n) is 6.85. The van der Waals surface area contributed by atoms with E-state index < -0.39 is 4.92 Å². The maximum Gasteiger partial charge on any atom is 0.270 e. The van der Waals surface area contributed by atoms with Crippen LogP contribution in [0.25, 0.3) is 0 Å². The number of halogens is 1. The lowest BCUT2D eigenvalue weighted by Crippen LogP contribution is -2.13. The molecule has 0 heterocycles. The lowest BCUT2D eigenvalue weighted by atomic mass is 10.2. The van der Waals surface area contributed by atoms with Crippen LogP contribution in [0.3, 0.4) is 0 Å². The van der Waals surface area contributed by atoms with Gasteiger partial charge >= 0.3 is 0 Å². The fourth-order valence-electron chi connectivity index (χ4n) is 0.879. The molecule has 0 amide bonds. The van der Waals surface area contributed by atoms with Crippen molar-refractivity contribution in [2.45, 2.75) is 0 Å². The van der Waals surface area contributed by atoms with Crippen LogP contribution in [0.4, 0.5) is 5.69 Å². The van der Waals surface area contributed by atoms with Crippen LogP contribution in [0.1, 0.15) is 5.56 Å². The molecule has 1 aromatic carbocycles. The van der Waals surface area contributed by atoms with E-state index in [4.69, 9.17) is 10.9 Å².